The zero-order chi connectivity index (χ0) is 24.4. The number of hydrogen-bond acceptors (Lipinski definition) is 2. The first-order chi connectivity index (χ1) is 17.0. The molecule has 4 nitrogen and oxygen atoms in total. The van der Waals surface area contributed by atoms with Crippen molar-refractivity contribution in [1.82, 2.24) is 9.38 Å². The Balaban J connectivity index is 1.51. The van der Waals surface area contributed by atoms with Gasteiger partial charge in [-0.1, -0.05) is 48.0 Å². The standard InChI is InChI=1S/C29H23ClFN3O/c1-19-17-22(30)8-13-25(19)21-7-15-27-33-29(20-5-3-2-4-6-20)26(34(27)18-21)14-16-28(35)32-24-11-9-23(31)10-12-24/h2-13,15,17-18H,14,16H2,1H3,(H,32,35). The van der Waals surface area contributed by atoms with Gasteiger partial charge in [0.25, 0.3) is 0 Å². The van der Waals surface area contributed by atoms with E-state index in [9.17, 15) is 9.18 Å². The van der Waals surface area contributed by atoms with Gasteiger partial charge in [0.05, 0.1) is 11.4 Å². The van der Waals surface area contributed by atoms with E-state index in [1.54, 1.807) is 12.1 Å². The smallest absolute Gasteiger partial charge is 0.224 e. The van der Waals surface area contributed by atoms with Crippen LogP contribution in [0.2, 0.25) is 5.02 Å². The second-order valence-corrected chi connectivity index (χ2v) is 8.87. The molecule has 0 aliphatic carbocycles. The Morgan fingerprint density at radius 3 is 2.49 bits per heavy atom. The van der Waals surface area contributed by atoms with Gasteiger partial charge in [-0.25, -0.2) is 9.37 Å². The summed E-state index contributed by atoms with van der Waals surface area (Å²) in [4.78, 5) is 17.6. The summed E-state index contributed by atoms with van der Waals surface area (Å²) >= 11 is 6.16. The Kier molecular flexibility index (Phi) is 6.34. The highest BCUT2D eigenvalue weighted by molar-refractivity contribution is 6.30. The number of halogens is 2. The first kappa shape index (κ1) is 22.8. The van der Waals surface area contributed by atoms with Crippen molar-refractivity contribution in [1.29, 1.82) is 0 Å². The SMILES string of the molecule is Cc1cc(Cl)ccc1-c1ccc2nc(-c3ccccc3)c(CCC(=O)Nc3ccc(F)cc3)n2c1. The summed E-state index contributed by atoms with van der Waals surface area (Å²) in [5.41, 5.74) is 7.40. The number of benzene rings is 3. The number of hydrogen-bond donors (Lipinski definition) is 1. The van der Waals surface area contributed by atoms with Crippen molar-refractivity contribution in [2.45, 2.75) is 19.8 Å². The molecule has 1 N–H and O–H groups in total. The number of imidazole rings is 1. The Morgan fingerprint density at radius 2 is 1.74 bits per heavy atom. The second kappa shape index (κ2) is 9.72. The number of carbonyl (C=O) groups excluding carboxylic acids is 1. The Hall–Kier alpha value is -3.96. The molecular formula is C29H23ClFN3O. The molecule has 0 saturated carbocycles. The number of nitrogens with one attached hydrogen (secondary N) is 1. The number of nitrogens with zero attached hydrogens (tertiary/aromatic N) is 2. The number of amides is 1. The number of fused-ring (bicyclic) bond motifs is 1. The number of anilines is 1. The van der Waals surface area contributed by atoms with Gasteiger partial charge in [0.1, 0.15) is 11.5 Å². The Labute approximate surface area is 208 Å². The van der Waals surface area contributed by atoms with Crippen LogP contribution in [0, 0.1) is 12.7 Å². The highest BCUT2D eigenvalue weighted by atomic mass is 35.5. The molecule has 5 aromatic rings. The van der Waals surface area contributed by atoms with Crippen LogP contribution in [0.25, 0.3) is 28.0 Å². The lowest BCUT2D eigenvalue weighted by atomic mass is 10.0. The van der Waals surface area contributed by atoms with Crippen LogP contribution in [0.5, 0.6) is 0 Å². The zero-order valence-electron chi connectivity index (χ0n) is 19.1. The Bertz CT molecular complexity index is 1510. The highest BCUT2D eigenvalue weighted by Crippen LogP contribution is 2.30. The summed E-state index contributed by atoms with van der Waals surface area (Å²) in [5.74, 6) is -0.483. The fraction of sp³-hybridized carbons (Fsp3) is 0.103. The van der Waals surface area contributed by atoms with Crippen molar-refractivity contribution in [3.63, 3.8) is 0 Å². The van der Waals surface area contributed by atoms with Gasteiger partial charge >= 0.3 is 0 Å². The molecule has 0 aliphatic heterocycles. The minimum atomic E-state index is -0.340. The molecule has 174 valence electrons. The maximum atomic E-state index is 13.2. The molecule has 0 unspecified atom stereocenters. The van der Waals surface area contributed by atoms with Gasteiger partial charge in [0.15, 0.2) is 0 Å². The number of pyridine rings is 1. The lowest BCUT2D eigenvalue weighted by Crippen LogP contribution is -2.13. The molecular weight excluding hydrogens is 461 g/mol. The summed E-state index contributed by atoms with van der Waals surface area (Å²) in [5, 5.41) is 3.54. The van der Waals surface area contributed by atoms with Gasteiger partial charge in [0, 0.05) is 28.9 Å². The fourth-order valence-corrected chi connectivity index (χ4v) is 4.49. The van der Waals surface area contributed by atoms with E-state index in [0.29, 0.717) is 17.1 Å². The van der Waals surface area contributed by atoms with Crippen LogP contribution < -0.4 is 5.32 Å². The molecule has 0 saturated heterocycles. The molecule has 0 aliphatic rings. The lowest BCUT2D eigenvalue weighted by Gasteiger charge is -2.10. The summed E-state index contributed by atoms with van der Waals surface area (Å²) in [6.07, 6.45) is 2.81. The molecule has 0 bridgehead atoms. The minimum Gasteiger partial charge on any atom is -0.326 e. The van der Waals surface area contributed by atoms with Crippen LogP contribution in [-0.4, -0.2) is 15.3 Å². The maximum absolute atomic E-state index is 13.2. The topological polar surface area (TPSA) is 46.4 Å². The summed E-state index contributed by atoms with van der Waals surface area (Å²) in [7, 11) is 0. The molecule has 3 aromatic carbocycles. The van der Waals surface area contributed by atoms with Crippen LogP contribution in [0.3, 0.4) is 0 Å². The third-order valence-electron chi connectivity index (χ3n) is 5.98. The number of carbonyl (C=O) groups is 1. The molecule has 0 radical (unpaired) electrons. The minimum absolute atomic E-state index is 0.143. The average molecular weight is 484 g/mol. The van der Waals surface area contributed by atoms with E-state index in [4.69, 9.17) is 16.6 Å². The molecule has 2 heterocycles. The largest absolute Gasteiger partial charge is 0.326 e. The van der Waals surface area contributed by atoms with Gasteiger partial charge in [-0.2, -0.15) is 0 Å². The number of rotatable bonds is 6. The monoisotopic (exact) mass is 483 g/mol. The predicted molar refractivity (Wildman–Crippen MR) is 139 cm³/mol. The maximum Gasteiger partial charge on any atom is 0.224 e. The normalized spacial score (nSPS) is 11.1. The van der Waals surface area contributed by atoms with Crippen LogP contribution in [0.15, 0.2) is 91.1 Å². The van der Waals surface area contributed by atoms with E-state index < -0.39 is 0 Å². The fourth-order valence-electron chi connectivity index (χ4n) is 4.26. The van der Waals surface area contributed by atoms with E-state index in [1.807, 2.05) is 61.5 Å². The van der Waals surface area contributed by atoms with Gasteiger partial charge in [0.2, 0.25) is 5.91 Å². The van der Waals surface area contributed by atoms with Gasteiger partial charge in [-0.3, -0.25) is 4.79 Å². The van der Waals surface area contributed by atoms with E-state index in [2.05, 4.69) is 22.0 Å². The van der Waals surface area contributed by atoms with E-state index in [1.165, 1.54) is 12.1 Å². The van der Waals surface area contributed by atoms with Gasteiger partial charge in [-0.05, 0) is 78.6 Å². The van der Waals surface area contributed by atoms with Crippen LogP contribution >= 0.6 is 11.6 Å². The third kappa shape index (κ3) is 4.96. The summed E-state index contributed by atoms with van der Waals surface area (Å²) < 4.78 is 15.2. The van der Waals surface area contributed by atoms with Crippen molar-refractivity contribution >= 4 is 28.8 Å². The average Bonchev–Trinajstić information content (AvgIpc) is 3.22. The molecule has 1 amide bonds. The van der Waals surface area contributed by atoms with Gasteiger partial charge < -0.3 is 9.72 Å². The summed E-state index contributed by atoms with van der Waals surface area (Å²) in [6.45, 7) is 2.04. The molecule has 0 spiro atoms. The molecule has 0 fully saturated rings. The van der Waals surface area contributed by atoms with Crippen molar-refractivity contribution in [2.24, 2.45) is 0 Å². The van der Waals surface area contributed by atoms with Crippen LogP contribution in [0.1, 0.15) is 17.7 Å². The second-order valence-electron chi connectivity index (χ2n) is 8.43. The Morgan fingerprint density at radius 1 is 0.971 bits per heavy atom. The van der Waals surface area contributed by atoms with Crippen molar-refractivity contribution in [3.8, 4) is 22.4 Å². The van der Waals surface area contributed by atoms with E-state index in [0.717, 1.165) is 39.3 Å². The molecule has 35 heavy (non-hydrogen) atoms. The third-order valence-corrected chi connectivity index (χ3v) is 6.22. The zero-order valence-corrected chi connectivity index (χ0v) is 19.9. The van der Waals surface area contributed by atoms with Crippen molar-refractivity contribution in [2.75, 3.05) is 5.32 Å². The predicted octanol–water partition coefficient (Wildman–Crippen LogP) is 7.34. The van der Waals surface area contributed by atoms with E-state index in [-0.39, 0.29) is 18.1 Å². The van der Waals surface area contributed by atoms with Crippen LogP contribution in [0.4, 0.5) is 10.1 Å². The van der Waals surface area contributed by atoms with E-state index >= 15 is 0 Å². The first-order valence-electron chi connectivity index (χ1n) is 11.4. The summed E-state index contributed by atoms with van der Waals surface area (Å²) in [6, 6.07) is 25.6. The van der Waals surface area contributed by atoms with Crippen LogP contribution in [-0.2, 0) is 11.2 Å². The molecule has 6 heteroatoms. The van der Waals surface area contributed by atoms with Crippen molar-refractivity contribution in [3.05, 3.63) is 113 Å². The number of aromatic nitrogens is 2. The molecule has 2 aromatic heterocycles. The quantitative estimate of drug-likeness (QED) is 0.274. The first-order valence-corrected chi connectivity index (χ1v) is 11.7. The van der Waals surface area contributed by atoms with Crippen molar-refractivity contribution < 1.29 is 9.18 Å². The van der Waals surface area contributed by atoms with Gasteiger partial charge in [-0.15, -0.1) is 0 Å². The molecule has 0 atom stereocenters. The molecule has 5 rings (SSSR count). The number of aryl methyl sites for hydroxylation is 2. The highest BCUT2D eigenvalue weighted by Gasteiger charge is 2.16. The lowest BCUT2D eigenvalue weighted by molar-refractivity contribution is -0.116.